The van der Waals surface area contributed by atoms with Crippen molar-refractivity contribution in [2.45, 2.75) is 6.92 Å². The number of halogens is 1. The van der Waals surface area contributed by atoms with E-state index in [1.807, 2.05) is 53.9 Å². The van der Waals surface area contributed by atoms with Crippen molar-refractivity contribution >= 4 is 28.8 Å². The average molecular weight is 271 g/mol. The first-order chi connectivity index (χ1) is 9.25. The monoisotopic (exact) mass is 270 g/mol. The molecule has 4 nitrogen and oxygen atoms in total. The van der Waals surface area contributed by atoms with Gasteiger partial charge in [-0.15, -0.1) is 10.2 Å². The zero-order chi connectivity index (χ0) is 13.2. The third kappa shape index (κ3) is 2.22. The molecule has 0 bridgehead atoms. The second-order valence-electron chi connectivity index (χ2n) is 4.10. The number of aromatic nitrogens is 2. The Labute approximate surface area is 115 Å². The highest BCUT2D eigenvalue weighted by molar-refractivity contribution is 6.32. The first kappa shape index (κ1) is 11.9. The Morgan fingerprint density at radius 1 is 1.05 bits per heavy atom. The summed E-state index contributed by atoms with van der Waals surface area (Å²) >= 11 is 6.05. The molecule has 0 spiro atoms. The van der Waals surface area contributed by atoms with Gasteiger partial charge in [-0.25, -0.2) is 4.98 Å². The smallest absolute Gasteiger partial charge is 0.182 e. The molecule has 0 fully saturated rings. The number of imidazole rings is 1. The molecule has 19 heavy (non-hydrogen) atoms. The van der Waals surface area contributed by atoms with Crippen molar-refractivity contribution in [3.63, 3.8) is 0 Å². The minimum Gasteiger partial charge on any atom is -0.283 e. The van der Waals surface area contributed by atoms with Gasteiger partial charge in [0, 0.05) is 6.20 Å². The number of nitrogens with zero attached hydrogens (tertiary/aromatic N) is 4. The maximum atomic E-state index is 6.05. The van der Waals surface area contributed by atoms with Gasteiger partial charge < -0.3 is 0 Å². The van der Waals surface area contributed by atoms with Crippen LogP contribution < -0.4 is 0 Å². The Kier molecular flexibility index (Phi) is 3.01. The molecule has 3 aromatic rings. The van der Waals surface area contributed by atoms with Crippen LogP contribution in [-0.2, 0) is 0 Å². The maximum Gasteiger partial charge on any atom is 0.182 e. The number of azo groups is 1. The van der Waals surface area contributed by atoms with Crippen LogP contribution in [0.5, 0.6) is 0 Å². The summed E-state index contributed by atoms with van der Waals surface area (Å²) < 4.78 is 1.90. The van der Waals surface area contributed by atoms with Gasteiger partial charge in [0.15, 0.2) is 5.82 Å². The maximum absolute atomic E-state index is 6.05. The molecule has 0 aliphatic heterocycles. The van der Waals surface area contributed by atoms with Crippen LogP contribution in [0.15, 0.2) is 58.9 Å². The van der Waals surface area contributed by atoms with Gasteiger partial charge in [-0.2, -0.15) is 0 Å². The highest BCUT2D eigenvalue weighted by atomic mass is 35.5. The van der Waals surface area contributed by atoms with Crippen molar-refractivity contribution in [1.29, 1.82) is 0 Å². The first-order valence-electron chi connectivity index (χ1n) is 5.85. The summed E-state index contributed by atoms with van der Waals surface area (Å²) in [6, 6.07) is 13.2. The topological polar surface area (TPSA) is 42.0 Å². The van der Waals surface area contributed by atoms with Gasteiger partial charge in [0.2, 0.25) is 0 Å². The van der Waals surface area contributed by atoms with Crippen LogP contribution in [-0.4, -0.2) is 9.38 Å². The van der Waals surface area contributed by atoms with Crippen LogP contribution in [0.2, 0.25) is 5.02 Å². The minimum absolute atomic E-state index is 0.581. The normalized spacial score (nSPS) is 11.5. The molecule has 2 aromatic heterocycles. The lowest BCUT2D eigenvalue weighted by Gasteiger charge is -1.97. The third-order valence-corrected chi connectivity index (χ3v) is 3.10. The van der Waals surface area contributed by atoms with Crippen molar-refractivity contribution in [2.75, 3.05) is 0 Å². The number of hydrogen-bond donors (Lipinski definition) is 0. The molecule has 94 valence electrons. The molecule has 0 radical (unpaired) electrons. The summed E-state index contributed by atoms with van der Waals surface area (Å²) in [7, 11) is 0. The van der Waals surface area contributed by atoms with E-state index in [2.05, 4.69) is 15.2 Å². The average Bonchev–Trinajstić information content (AvgIpc) is 2.74. The van der Waals surface area contributed by atoms with Crippen LogP contribution in [0.1, 0.15) is 5.69 Å². The molecule has 5 heteroatoms. The molecule has 0 saturated carbocycles. The quantitative estimate of drug-likeness (QED) is 0.622. The summed E-state index contributed by atoms with van der Waals surface area (Å²) in [6.07, 6.45) is 1.91. The number of aryl methyl sites for hydroxylation is 1. The second-order valence-corrected chi connectivity index (χ2v) is 4.51. The van der Waals surface area contributed by atoms with Gasteiger partial charge in [-0.05, 0) is 31.2 Å². The highest BCUT2D eigenvalue weighted by Gasteiger charge is 2.07. The molecule has 0 atom stereocenters. The SMILES string of the molecule is Cc1nc2ccccn2c1N=Nc1ccccc1Cl. The Morgan fingerprint density at radius 3 is 2.68 bits per heavy atom. The standard InChI is InChI=1S/C14H11ClN4/c1-10-14(19-9-5-4-8-13(19)16-10)18-17-12-7-3-2-6-11(12)15/h2-9H,1H3. The number of hydrogen-bond acceptors (Lipinski definition) is 3. The van der Waals surface area contributed by atoms with Gasteiger partial charge in [0.25, 0.3) is 0 Å². The minimum atomic E-state index is 0.581. The van der Waals surface area contributed by atoms with Crippen LogP contribution in [0.4, 0.5) is 11.5 Å². The van der Waals surface area contributed by atoms with Crippen LogP contribution >= 0.6 is 11.6 Å². The molecular weight excluding hydrogens is 260 g/mol. The number of fused-ring (bicyclic) bond motifs is 1. The molecule has 0 unspecified atom stereocenters. The summed E-state index contributed by atoms with van der Waals surface area (Å²) in [5, 5.41) is 9.04. The van der Waals surface area contributed by atoms with Crippen LogP contribution in [0.3, 0.4) is 0 Å². The van der Waals surface area contributed by atoms with E-state index in [0.29, 0.717) is 10.7 Å². The zero-order valence-electron chi connectivity index (χ0n) is 10.3. The lowest BCUT2D eigenvalue weighted by molar-refractivity contribution is 1.09. The fraction of sp³-hybridized carbons (Fsp3) is 0.0714. The van der Waals surface area contributed by atoms with E-state index in [1.165, 1.54) is 0 Å². The predicted molar refractivity (Wildman–Crippen MR) is 75.6 cm³/mol. The fourth-order valence-electron chi connectivity index (χ4n) is 1.86. The van der Waals surface area contributed by atoms with E-state index < -0.39 is 0 Å². The van der Waals surface area contributed by atoms with Crippen LogP contribution in [0, 0.1) is 6.92 Å². The van der Waals surface area contributed by atoms with Gasteiger partial charge in [0.1, 0.15) is 11.3 Å². The Bertz CT molecular complexity index is 761. The fourth-order valence-corrected chi connectivity index (χ4v) is 2.03. The molecule has 0 N–H and O–H groups in total. The number of rotatable bonds is 2. The molecule has 0 aliphatic rings. The zero-order valence-corrected chi connectivity index (χ0v) is 11.0. The van der Waals surface area contributed by atoms with E-state index in [4.69, 9.17) is 11.6 Å². The van der Waals surface area contributed by atoms with Crippen molar-refractivity contribution < 1.29 is 0 Å². The molecular formula is C14H11ClN4. The largest absolute Gasteiger partial charge is 0.283 e. The van der Waals surface area contributed by atoms with E-state index in [-0.39, 0.29) is 0 Å². The van der Waals surface area contributed by atoms with E-state index in [9.17, 15) is 0 Å². The van der Waals surface area contributed by atoms with Crippen molar-refractivity contribution in [2.24, 2.45) is 10.2 Å². The van der Waals surface area contributed by atoms with Crippen LogP contribution in [0.25, 0.3) is 5.65 Å². The Morgan fingerprint density at radius 2 is 1.84 bits per heavy atom. The van der Waals surface area contributed by atoms with Gasteiger partial charge in [-0.1, -0.05) is 29.8 Å². The second kappa shape index (κ2) is 4.82. The predicted octanol–water partition coefficient (Wildman–Crippen LogP) is 4.71. The third-order valence-electron chi connectivity index (χ3n) is 2.78. The van der Waals surface area contributed by atoms with Crippen molar-refractivity contribution in [3.8, 4) is 0 Å². The summed E-state index contributed by atoms with van der Waals surface area (Å²) in [5.41, 5.74) is 2.34. The molecule has 0 saturated heterocycles. The molecule has 1 aromatic carbocycles. The number of pyridine rings is 1. The Hall–Kier alpha value is -2.20. The van der Waals surface area contributed by atoms with E-state index in [0.717, 1.165) is 17.2 Å². The van der Waals surface area contributed by atoms with E-state index in [1.54, 1.807) is 6.07 Å². The molecule has 0 aliphatic carbocycles. The Balaban J connectivity index is 2.06. The molecule has 3 rings (SSSR count). The molecule has 0 amide bonds. The van der Waals surface area contributed by atoms with Crippen molar-refractivity contribution in [1.82, 2.24) is 9.38 Å². The highest BCUT2D eigenvalue weighted by Crippen LogP contribution is 2.27. The summed E-state index contributed by atoms with van der Waals surface area (Å²) in [6.45, 7) is 1.91. The van der Waals surface area contributed by atoms with E-state index >= 15 is 0 Å². The lowest BCUT2D eigenvalue weighted by Crippen LogP contribution is -1.80. The lowest BCUT2D eigenvalue weighted by atomic mass is 10.3. The molecule has 2 heterocycles. The van der Waals surface area contributed by atoms with Gasteiger partial charge in [-0.3, -0.25) is 4.40 Å². The number of benzene rings is 1. The summed E-state index contributed by atoms with van der Waals surface area (Å²) in [5.74, 6) is 0.718. The first-order valence-corrected chi connectivity index (χ1v) is 6.23. The van der Waals surface area contributed by atoms with Crippen molar-refractivity contribution in [3.05, 3.63) is 59.4 Å². The van der Waals surface area contributed by atoms with Gasteiger partial charge in [0.05, 0.1) is 10.7 Å². The summed E-state index contributed by atoms with van der Waals surface area (Å²) in [4.78, 5) is 4.42. The van der Waals surface area contributed by atoms with Gasteiger partial charge >= 0.3 is 0 Å².